The number of carbonyl (C=O) groups excluding carboxylic acids is 2. The molecule has 1 heterocycles. The normalized spacial score (nSPS) is 11.0. The number of ether oxygens (including phenoxy) is 2. The van der Waals surface area contributed by atoms with Gasteiger partial charge in [0.05, 0.1) is 6.61 Å². The van der Waals surface area contributed by atoms with E-state index >= 15 is 0 Å². The number of hydrogen-bond donors (Lipinski definition) is 0. The Kier molecular flexibility index (Phi) is 4.91. The number of furan rings is 1. The standard InChI is InChI=1S/C23H18O5/c1-26-13-19-18-8-4-5-9-21(18)28-22(19)23(25)27-14-20(24)17-11-10-15-6-2-3-7-16(15)12-17/h2-12H,13-14H2,1H3. The van der Waals surface area contributed by atoms with Gasteiger partial charge in [-0.15, -0.1) is 0 Å². The Labute approximate surface area is 161 Å². The van der Waals surface area contributed by atoms with Gasteiger partial charge in [-0.25, -0.2) is 4.79 Å². The zero-order valence-electron chi connectivity index (χ0n) is 15.3. The van der Waals surface area contributed by atoms with Gasteiger partial charge in [-0.1, -0.05) is 54.6 Å². The fourth-order valence-corrected chi connectivity index (χ4v) is 3.19. The second-order valence-corrected chi connectivity index (χ2v) is 6.40. The van der Waals surface area contributed by atoms with Crippen LogP contribution in [0.25, 0.3) is 21.7 Å². The van der Waals surface area contributed by atoms with Gasteiger partial charge in [-0.3, -0.25) is 4.79 Å². The van der Waals surface area contributed by atoms with Crippen molar-refractivity contribution >= 4 is 33.5 Å². The number of fused-ring (bicyclic) bond motifs is 2. The van der Waals surface area contributed by atoms with Crippen molar-refractivity contribution in [2.75, 3.05) is 13.7 Å². The summed E-state index contributed by atoms with van der Waals surface area (Å²) in [5.41, 5.74) is 1.68. The molecule has 0 aliphatic heterocycles. The second-order valence-electron chi connectivity index (χ2n) is 6.40. The van der Waals surface area contributed by atoms with E-state index in [4.69, 9.17) is 13.9 Å². The van der Waals surface area contributed by atoms with Crippen LogP contribution in [-0.4, -0.2) is 25.5 Å². The van der Waals surface area contributed by atoms with Gasteiger partial charge in [0.1, 0.15) is 5.58 Å². The molecule has 5 nitrogen and oxygen atoms in total. The first-order valence-electron chi connectivity index (χ1n) is 8.86. The minimum atomic E-state index is -0.683. The lowest BCUT2D eigenvalue weighted by atomic mass is 10.0. The van der Waals surface area contributed by atoms with Gasteiger partial charge in [-0.2, -0.15) is 0 Å². The molecule has 0 N–H and O–H groups in total. The summed E-state index contributed by atoms with van der Waals surface area (Å²) in [4.78, 5) is 25.0. The molecule has 0 aliphatic rings. The first-order valence-corrected chi connectivity index (χ1v) is 8.86. The highest BCUT2D eigenvalue weighted by Gasteiger charge is 2.22. The van der Waals surface area contributed by atoms with Gasteiger partial charge in [-0.05, 0) is 22.9 Å². The van der Waals surface area contributed by atoms with Gasteiger partial charge < -0.3 is 13.9 Å². The van der Waals surface area contributed by atoms with Crippen LogP contribution in [0.4, 0.5) is 0 Å². The molecule has 0 saturated carbocycles. The molecular formula is C23H18O5. The molecule has 28 heavy (non-hydrogen) atoms. The van der Waals surface area contributed by atoms with E-state index in [1.165, 1.54) is 0 Å². The summed E-state index contributed by atoms with van der Waals surface area (Å²) in [5, 5.41) is 2.79. The van der Waals surface area contributed by atoms with Crippen molar-refractivity contribution in [1.29, 1.82) is 0 Å². The lowest BCUT2D eigenvalue weighted by Crippen LogP contribution is -2.15. The third-order valence-corrected chi connectivity index (χ3v) is 4.58. The number of rotatable bonds is 6. The molecule has 4 aromatic rings. The molecule has 0 aliphatic carbocycles. The number of hydrogen-bond acceptors (Lipinski definition) is 5. The summed E-state index contributed by atoms with van der Waals surface area (Å²) in [6.45, 7) is -0.152. The van der Waals surface area contributed by atoms with E-state index in [1.807, 2.05) is 48.5 Å². The highest BCUT2D eigenvalue weighted by molar-refractivity contribution is 6.02. The highest BCUT2D eigenvalue weighted by atomic mass is 16.5. The van der Waals surface area contributed by atoms with Crippen LogP contribution in [0.5, 0.6) is 0 Å². The molecule has 0 unspecified atom stereocenters. The highest BCUT2D eigenvalue weighted by Crippen LogP contribution is 2.27. The Hall–Kier alpha value is -3.44. The maximum Gasteiger partial charge on any atom is 0.375 e. The van der Waals surface area contributed by atoms with Crippen molar-refractivity contribution < 1.29 is 23.5 Å². The lowest BCUT2D eigenvalue weighted by molar-refractivity contribution is 0.0441. The first kappa shape index (κ1) is 17.9. The summed E-state index contributed by atoms with van der Waals surface area (Å²) < 4.78 is 16.1. The molecule has 0 fully saturated rings. The number of ketones is 1. The summed E-state index contributed by atoms with van der Waals surface area (Å²) in [7, 11) is 1.54. The van der Waals surface area contributed by atoms with E-state index in [1.54, 1.807) is 25.3 Å². The molecule has 5 heteroatoms. The Morgan fingerprint density at radius 3 is 2.50 bits per heavy atom. The Balaban J connectivity index is 1.53. The van der Waals surface area contributed by atoms with Crippen molar-refractivity contribution in [1.82, 2.24) is 0 Å². The SMILES string of the molecule is COCc1c(C(=O)OCC(=O)c2ccc3ccccc3c2)oc2ccccc12. The van der Waals surface area contributed by atoms with Crippen molar-refractivity contribution in [2.45, 2.75) is 6.61 Å². The Morgan fingerprint density at radius 2 is 1.68 bits per heavy atom. The minimum Gasteiger partial charge on any atom is -0.451 e. The van der Waals surface area contributed by atoms with E-state index < -0.39 is 5.97 Å². The molecule has 0 spiro atoms. The smallest absolute Gasteiger partial charge is 0.375 e. The molecule has 0 atom stereocenters. The second kappa shape index (κ2) is 7.66. The predicted molar refractivity (Wildman–Crippen MR) is 105 cm³/mol. The zero-order chi connectivity index (χ0) is 19.5. The van der Waals surface area contributed by atoms with Gasteiger partial charge in [0.25, 0.3) is 0 Å². The zero-order valence-corrected chi connectivity index (χ0v) is 15.3. The van der Waals surface area contributed by atoms with E-state index in [-0.39, 0.29) is 24.8 Å². The maximum absolute atomic E-state index is 12.5. The average Bonchev–Trinajstić information content (AvgIpc) is 3.10. The van der Waals surface area contributed by atoms with Crippen LogP contribution in [0.1, 0.15) is 26.5 Å². The predicted octanol–water partition coefficient (Wildman–Crippen LogP) is 4.77. The molecule has 1 aromatic heterocycles. The van der Waals surface area contributed by atoms with Gasteiger partial charge in [0, 0.05) is 23.6 Å². The molecule has 3 aromatic carbocycles. The number of esters is 1. The Morgan fingerprint density at radius 1 is 0.929 bits per heavy atom. The molecule has 4 rings (SSSR count). The summed E-state index contributed by atoms with van der Waals surface area (Å²) >= 11 is 0. The number of carbonyl (C=O) groups is 2. The van der Waals surface area contributed by atoms with Crippen molar-refractivity contribution in [2.24, 2.45) is 0 Å². The van der Waals surface area contributed by atoms with E-state index in [2.05, 4.69) is 0 Å². The van der Waals surface area contributed by atoms with Crippen LogP contribution in [0.3, 0.4) is 0 Å². The van der Waals surface area contributed by atoms with Gasteiger partial charge in [0.15, 0.2) is 12.4 Å². The van der Waals surface area contributed by atoms with Crippen LogP contribution in [0, 0.1) is 0 Å². The fraction of sp³-hybridized carbons (Fsp3) is 0.130. The van der Waals surface area contributed by atoms with E-state index in [0.717, 1.165) is 16.2 Å². The van der Waals surface area contributed by atoms with E-state index in [0.29, 0.717) is 16.7 Å². The van der Waals surface area contributed by atoms with Gasteiger partial charge >= 0.3 is 5.97 Å². The first-order chi connectivity index (χ1) is 13.7. The van der Waals surface area contributed by atoms with Crippen LogP contribution >= 0.6 is 0 Å². The molecule has 0 saturated heterocycles. The third-order valence-electron chi connectivity index (χ3n) is 4.58. The summed E-state index contributed by atoms with van der Waals surface area (Å²) in [5.74, 6) is -0.893. The third kappa shape index (κ3) is 3.40. The quantitative estimate of drug-likeness (QED) is 0.359. The summed E-state index contributed by atoms with van der Waals surface area (Å²) in [6, 6.07) is 20.5. The van der Waals surface area contributed by atoms with Crippen molar-refractivity contribution in [3.05, 3.63) is 83.6 Å². The molecule has 0 bridgehead atoms. The van der Waals surface area contributed by atoms with Crippen LogP contribution < -0.4 is 0 Å². The largest absolute Gasteiger partial charge is 0.451 e. The van der Waals surface area contributed by atoms with Gasteiger partial charge in [0.2, 0.25) is 5.76 Å². The monoisotopic (exact) mass is 374 g/mol. The van der Waals surface area contributed by atoms with Crippen LogP contribution in [0.2, 0.25) is 0 Å². The fourth-order valence-electron chi connectivity index (χ4n) is 3.19. The number of benzene rings is 3. The van der Waals surface area contributed by atoms with Crippen LogP contribution in [0.15, 0.2) is 71.1 Å². The van der Waals surface area contributed by atoms with Crippen molar-refractivity contribution in [3.63, 3.8) is 0 Å². The summed E-state index contributed by atoms with van der Waals surface area (Å²) in [6.07, 6.45) is 0. The molecule has 0 radical (unpaired) electrons. The lowest BCUT2D eigenvalue weighted by Gasteiger charge is -2.06. The van der Waals surface area contributed by atoms with Crippen molar-refractivity contribution in [3.8, 4) is 0 Å². The topological polar surface area (TPSA) is 65.7 Å². The molecule has 0 amide bonds. The maximum atomic E-state index is 12.5. The van der Waals surface area contributed by atoms with E-state index in [9.17, 15) is 9.59 Å². The number of Topliss-reactive ketones (excluding diaryl/α,β-unsaturated/α-hetero) is 1. The Bertz CT molecular complexity index is 1170. The number of methoxy groups -OCH3 is 1. The molecule has 140 valence electrons. The van der Waals surface area contributed by atoms with Crippen LogP contribution in [-0.2, 0) is 16.1 Å². The minimum absolute atomic E-state index is 0.0642. The average molecular weight is 374 g/mol. The number of para-hydroxylation sites is 1. The molecular weight excluding hydrogens is 356 g/mol.